The number of aromatic nitrogens is 1. The second kappa shape index (κ2) is 4.70. The number of carbonyl (C=O) groups is 1. The SMILES string of the molecule is CN(C)c1cc([CH]C(N)=O)cc(S(C)(=O)=O)n1. The molecule has 0 atom stereocenters. The molecule has 0 bridgehead atoms. The second-order valence-electron chi connectivity index (χ2n) is 3.81. The van der Waals surface area contributed by atoms with E-state index in [-0.39, 0.29) is 5.03 Å². The first-order chi connectivity index (χ1) is 7.70. The van der Waals surface area contributed by atoms with Gasteiger partial charge in [0.25, 0.3) is 0 Å². The Morgan fingerprint density at radius 3 is 2.41 bits per heavy atom. The molecule has 1 amide bonds. The van der Waals surface area contributed by atoms with Crippen molar-refractivity contribution < 1.29 is 13.2 Å². The van der Waals surface area contributed by atoms with Crippen LogP contribution < -0.4 is 10.6 Å². The van der Waals surface area contributed by atoms with Gasteiger partial charge in [-0.3, -0.25) is 4.79 Å². The molecule has 0 aromatic carbocycles. The molecule has 7 heteroatoms. The number of amides is 1. The fraction of sp³-hybridized carbons (Fsp3) is 0.300. The summed E-state index contributed by atoms with van der Waals surface area (Å²) in [6.45, 7) is 0. The van der Waals surface area contributed by atoms with Crippen molar-refractivity contribution in [2.75, 3.05) is 25.3 Å². The number of sulfone groups is 1. The molecule has 1 heterocycles. The Bertz CT molecular complexity index is 538. The minimum absolute atomic E-state index is 0.0869. The molecule has 1 aromatic heterocycles. The van der Waals surface area contributed by atoms with Crippen molar-refractivity contribution in [3.63, 3.8) is 0 Å². The van der Waals surface area contributed by atoms with Gasteiger partial charge in [0.2, 0.25) is 5.91 Å². The van der Waals surface area contributed by atoms with Gasteiger partial charge < -0.3 is 10.6 Å². The second-order valence-corrected chi connectivity index (χ2v) is 5.77. The van der Waals surface area contributed by atoms with Crippen LogP contribution in [0.5, 0.6) is 0 Å². The third-order valence-corrected chi connectivity index (χ3v) is 2.93. The van der Waals surface area contributed by atoms with E-state index in [1.165, 1.54) is 6.07 Å². The Balaban J connectivity index is 3.34. The van der Waals surface area contributed by atoms with Crippen LogP contribution in [0.4, 0.5) is 5.82 Å². The van der Waals surface area contributed by atoms with E-state index in [9.17, 15) is 13.2 Å². The molecule has 93 valence electrons. The lowest BCUT2D eigenvalue weighted by Crippen LogP contribution is -2.16. The first-order valence-corrected chi connectivity index (χ1v) is 6.63. The van der Waals surface area contributed by atoms with Crippen LogP contribution in [-0.4, -0.2) is 39.7 Å². The number of pyridine rings is 1. The quantitative estimate of drug-likeness (QED) is 0.790. The van der Waals surface area contributed by atoms with Crippen molar-refractivity contribution >= 4 is 21.6 Å². The van der Waals surface area contributed by atoms with Crippen molar-refractivity contribution in [2.45, 2.75) is 5.03 Å². The van der Waals surface area contributed by atoms with Gasteiger partial charge in [0, 0.05) is 20.4 Å². The molecule has 0 fully saturated rings. The molecule has 0 unspecified atom stereocenters. The number of primary amides is 1. The van der Waals surface area contributed by atoms with E-state index in [2.05, 4.69) is 4.98 Å². The van der Waals surface area contributed by atoms with Gasteiger partial charge in [-0.15, -0.1) is 0 Å². The molecule has 1 aromatic rings. The zero-order valence-electron chi connectivity index (χ0n) is 9.84. The molecule has 1 rings (SSSR count). The number of hydrogen-bond acceptors (Lipinski definition) is 5. The number of nitrogens with two attached hydrogens (primary N) is 1. The fourth-order valence-electron chi connectivity index (χ4n) is 1.18. The van der Waals surface area contributed by atoms with Crippen molar-refractivity contribution in [1.29, 1.82) is 0 Å². The van der Waals surface area contributed by atoms with E-state index < -0.39 is 15.7 Å². The summed E-state index contributed by atoms with van der Waals surface area (Å²) in [5.74, 6) is -0.194. The third kappa shape index (κ3) is 3.70. The summed E-state index contributed by atoms with van der Waals surface area (Å²) in [6.07, 6.45) is 2.21. The van der Waals surface area contributed by atoms with E-state index >= 15 is 0 Å². The summed E-state index contributed by atoms with van der Waals surface area (Å²) in [6, 6.07) is 2.90. The minimum atomic E-state index is -3.43. The Hall–Kier alpha value is -1.63. The van der Waals surface area contributed by atoms with Crippen LogP contribution in [-0.2, 0) is 14.6 Å². The molecule has 1 radical (unpaired) electrons. The highest BCUT2D eigenvalue weighted by atomic mass is 32.2. The van der Waals surface area contributed by atoms with Crippen LogP contribution in [0.3, 0.4) is 0 Å². The van der Waals surface area contributed by atoms with Gasteiger partial charge in [-0.2, -0.15) is 0 Å². The van der Waals surface area contributed by atoms with Crippen LogP contribution in [0.1, 0.15) is 5.56 Å². The van der Waals surface area contributed by atoms with E-state index in [1.807, 2.05) is 0 Å². The van der Waals surface area contributed by atoms with Crippen molar-refractivity contribution in [1.82, 2.24) is 4.98 Å². The highest BCUT2D eigenvalue weighted by Gasteiger charge is 2.14. The van der Waals surface area contributed by atoms with Gasteiger partial charge >= 0.3 is 0 Å². The molecule has 0 aliphatic heterocycles. The largest absolute Gasteiger partial charge is 0.369 e. The smallest absolute Gasteiger partial charge is 0.226 e. The minimum Gasteiger partial charge on any atom is -0.369 e. The molecule has 0 saturated heterocycles. The lowest BCUT2D eigenvalue weighted by Gasteiger charge is -2.13. The van der Waals surface area contributed by atoms with Crippen LogP contribution in [0.2, 0.25) is 0 Å². The number of anilines is 1. The predicted molar refractivity (Wildman–Crippen MR) is 64.3 cm³/mol. The van der Waals surface area contributed by atoms with Crippen LogP contribution in [0.15, 0.2) is 17.2 Å². The number of rotatable bonds is 4. The zero-order valence-corrected chi connectivity index (χ0v) is 10.7. The van der Waals surface area contributed by atoms with E-state index in [0.29, 0.717) is 11.4 Å². The zero-order chi connectivity index (χ0) is 13.2. The van der Waals surface area contributed by atoms with Crippen LogP contribution in [0, 0.1) is 6.42 Å². The summed E-state index contributed by atoms with van der Waals surface area (Å²) < 4.78 is 22.9. The summed E-state index contributed by atoms with van der Waals surface area (Å²) in [4.78, 5) is 16.4. The monoisotopic (exact) mass is 256 g/mol. The number of carbonyl (C=O) groups excluding carboxylic acids is 1. The molecular formula is C10H14N3O3S. The Morgan fingerprint density at radius 1 is 1.41 bits per heavy atom. The van der Waals surface area contributed by atoms with Crippen molar-refractivity contribution in [3.05, 3.63) is 24.1 Å². The summed E-state index contributed by atoms with van der Waals surface area (Å²) in [5.41, 5.74) is 5.45. The number of nitrogens with zero attached hydrogens (tertiary/aromatic N) is 2. The first-order valence-electron chi connectivity index (χ1n) is 4.74. The van der Waals surface area contributed by atoms with Crippen LogP contribution >= 0.6 is 0 Å². The topological polar surface area (TPSA) is 93.4 Å². The Labute approximate surface area is 100 Å². The molecule has 17 heavy (non-hydrogen) atoms. The Kier molecular flexibility index (Phi) is 3.72. The normalized spacial score (nSPS) is 11.2. The molecule has 2 N–H and O–H groups in total. The summed E-state index contributed by atoms with van der Waals surface area (Å²) in [5, 5.41) is -0.0869. The highest BCUT2D eigenvalue weighted by Crippen LogP contribution is 2.17. The van der Waals surface area contributed by atoms with Gasteiger partial charge in [0.1, 0.15) is 5.82 Å². The fourth-order valence-corrected chi connectivity index (χ4v) is 1.79. The lowest BCUT2D eigenvalue weighted by molar-refractivity contribution is -0.114. The summed E-state index contributed by atoms with van der Waals surface area (Å²) >= 11 is 0. The molecule has 0 aliphatic carbocycles. The molecule has 0 spiro atoms. The predicted octanol–water partition coefficient (Wildman–Crippen LogP) is -0.411. The molecule has 0 saturated carbocycles. The maximum absolute atomic E-state index is 11.4. The molecule has 0 aliphatic rings. The highest BCUT2D eigenvalue weighted by molar-refractivity contribution is 7.90. The molecular weight excluding hydrogens is 242 g/mol. The van der Waals surface area contributed by atoms with Crippen molar-refractivity contribution in [2.24, 2.45) is 5.73 Å². The van der Waals surface area contributed by atoms with E-state index in [4.69, 9.17) is 5.73 Å². The van der Waals surface area contributed by atoms with E-state index in [1.54, 1.807) is 25.1 Å². The first kappa shape index (κ1) is 13.4. The average Bonchev–Trinajstić information content (AvgIpc) is 2.14. The van der Waals surface area contributed by atoms with Crippen LogP contribution in [0.25, 0.3) is 0 Å². The van der Waals surface area contributed by atoms with Gasteiger partial charge in [-0.1, -0.05) is 0 Å². The molecule has 6 nitrogen and oxygen atoms in total. The number of hydrogen-bond donors (Lipinski definition) is 1. The average molecular weight is 256 g/mol. The van der Waals surface area contributed by atoms with Gasteiger partial charge in [-0.25, -0.2) is 13.4 Å². The maximum Gasteiger partial charge on any atom is 0.226 e. The summed E-state index contributed by atoms with van der Waals surface area (Å²) in [7, 11) is 0.0223. The Morgan fingerprint density at radius 2 is 2.00 bits per heavy atom. The third-order valence-electron chi connectivity index (χ3n) is 1.96. The van der Waals surface area contributed by atoms with Gasteiger partial charge in [0.15, 0.2) is 14.9 Å². The van der Waals surface area contributed by atoms with E-state index in [0.717, 1.165) is 12.7 Å². The van der Waals surface area contributed by atoms with Gasteiger partial charge in [0.05, 0.1) is 6.42 Å². The lowest BCUT2D eigenvalue weighted by atomic mass is 10.2. The van der Waals surface area contributed by atoms with Gasteiger partial charge in [-0.05, 0) is 17.7 Å². The standard InChI is InChI=1S/C10H14N3O3S/c1-13(2)9-5-7(4-8(11)14)6-10(12-9)17(3,15)16/h4-6H,1-3H3,(H2,11,14). The van der Waals surface area contributed by atoms with Crippen molar-refractivity contribution in [3.8, 4) is 0 Å². The maximum atomic E-state index is 11.4.